The number of aromatic amines is 1. The summed E-state index contributed by atoms with van der Waals surface area (Å²) in [5, 5.41) is 0.174. The quantitative estimate of drug-likeness (QED) is 0.485. The summed E-state index contributed by atoms with van der Waals surface area (Å²) in [4.78, 5) is 31.4. The van der Waals surface area contributed by atoms with E-state index >= 15 is 0 Å². The van der Waals surface area contributed by atoms with Gasteiger partial charge in [0.25, 0.3) is 5.56 Å². The number of hydrogen-bond acceptors (Lipinski definition) is 6. The van der Waals surface area contributed by atoms with Crippen molar-refractivity contribution in [2.24, 2.45) is 7.05 Å². The molecule has 0 aliphatic carbocycles. The molecule has 200 valence electrons. The molecule has 0 amide bonds. The molecule has 2 fully saturated rings. The smallest absolute Gasteiger partial charge is 0.331 e. The summed E-state index contributed by atoms with van der Waals surface area (Å²) in [6, 6.07) is 4.97. The molecule has 37 heavy (non-hydrogen) atoms. The fourth-order valence-corrected chi connectivity index (χ4v) is 7.34. The Labute approximate surface area is 220 Å². The van der Waals surface area contributed by atoms with Crippen LogP contribution in [-0.2, 0) is 23.6 Å². The van der Waals surface area contributed by atoms with Gasteiger partial charge in [0.05, 0.1) is 27.7 Å². The van der Waals surface area contributed by atoms with Crippen molar-refractivity contribution in [3.05, 3.63) is 44.1 Å². The molecule has 3 aromatic rings. The minimum absolute atomic E-state index is 0.131. The Hall–Kier alpha value is -2.60. The lowest BCUT2D eigenvalue weighted by atomic mass is 10.1. The maximum absolute atomic E-state index is 13.7. The van der Waals surface area contributed by atoms with Crippen molar-refractivity contribution in [1.82, 2.24) is 23.3 Å². The van der Waals surface area contributed by atoms with Gasteiger partial charge in [0.15, 0.2) is 0 Å². The van der Waals surface area contributed by atoms with E-state index in [1.807, 2.05) is 13.8 Å². The maximum atomic E-state index is 13.7. The molecule has 2 saturated heterocycles. The second-order valence-corrected chi connectivity index (χ2v) is 11.9. The van der Waals surface area contributed by atoms with E-state index in [2.05, 4.69) is 9.88 Å². The van der Waals surface area contributed by atoms with Crippen molar-refractivity contribution in [1.29, 1.82) is 0 Å². The first-order chi connectivity index (χ1) is 17.7. The van der Waals surface area contributed by atoms with Gasteiger partial charge in [-0.15, -0.1) is 0 Å². The number of aryl methyl sites for hydroxylation is 1. The number of sulfonamides is 1. The zero-order valence-corrected chi connectivity index (χ0v) is 22.9. The van der Waals surface area contributed by atoms with Gasteiger partial charge < -0.3 is 9.72 Å². The molecule has 5 rings (SSSR count). The van der Waals surface area contributed by atoms with Crippen LogP contribution in [0.1, 0.15) is 33.1 Å². The number of rotatable bonds is 7. The topological polar surface area (TPSA) is 110 Å². The highest BCUT2D eigenvalue weighted by atomic mass is 35.5. The van der Waals surface area contributed by atoms with E-state index in [0.717, 1.165) is 30.5 Å². The molecule has 0 bridgehead atoms. The predicted molar refractivity (Wildman–Crippen MR) is 143 cm³/mol. The molecule has 2 aliphatic heterocycles. The third kappa shape index (κ3) is 4.31. The number of ether oxygens (including phenoxy) is 1. The van der Waals surface area contributed by atoms with Gasteiger partial charge in [-0.3, -0.25) is 18.8 Å². The van der Waals surface area contributed by atoms with E-state index < -0.39 is 21.3 Å². The first-order valence-corrected chi connectivity index (χ1v) is 14.5. The molecule has 0 spiro atoms. The van der Waals surface area contributed by atoms with E-state index in [1.165, 1.54) is 11.6 Å². The summed E-state index contributed by atoms with van der Waals surface area (Å²) in [5.74, 6) is 0.428. The van der Waals surface area contributed by atoms with Crippen molar-refractivity contribution < 1.29 is 13.2 Å². The fourth-order valence-electron chi connectivity index (χ4n) is 5.50. The minimum atomic E-state index is -3.77. The Morgan fingerprint density at radius 2 is 1.95 bits per heavy atom. The number of benzene rings is 1. The van der Waals surface area contributed by atoms with Crippen LogP contribution in [0.2, 0.25) is 5.02 Å². The Kier molecular flexibility index (Phi) is 6.99. The zero-order valence-electron chi connectivity index (χ0n) is 21.3. The van der Waals surface area contributed by atoms with Crippen LogP contribution in [0.25, 0.3) is 22.3 Å². The SMILES string of the molecule is CCCn1c(=O)n(C)c(=O)c2[nH]c(-c3cc(S(=O)(=O)N4CCN5CCC[C@H]5C4)ccc3OCC)c(Cl)c21. The van der Waals surface area contributed by atoms with E-state index in [1.54, 1.807) is 22.5 Å². The normalized spacial score (nSPS) is 19.0. The van der Waals surface area contributed by atoms with Crippen LogP contribution >= 0.6 is 11.6 Å². The van der Waals surface area contributed by atoms with Gasteiger partial charge in [-0.25, -0.2) is 13.2 Å². The third-order valence-electron chi connectivity index (χ3n) is 7.38. The van der Waals surface area contributed by atoms with Crippen molar-refractivity contribution in [3.63, 3.8) is 0 Å². The van der Waals surface area contributed by atoms with E-state index in [4.69, 9.17) is 16.3 Å². The van der Waals surface area contributed by atoms with Crippen LogP contribution in [0, 0.1) is 0 Å². The molecule has 0 radical (unpaired) electrons. The Morgan fingerprint density at radius 1 is 1.16 bits per heavy atom. The Morgan fingerprint density at radius 3 is 2.68 bits per heavy atom. The Bertz CT molecular complexity index is 1570. The lowest BCUT2D eigenvalue weighted by molar-refractivity contribution is 0.158. The summed E-state index contributed by atoms with van der Waals surface area (Å²) in [6.45, 7) is 7.14. The number of fused-ring (bicyclic) bond motifs is 2. The monoisotopic (exact) mass is 549 g/mol. The van der Waals surface area contributed by atoms with Gasteiger partial charge in [-0.05, 0) is 50.9 Å². The minimum Gasteiger partial charge on any atom is -0.493 e. The zero-order chi connectivity index (χ0) is 26.5. The van der Waals surface area contributed by atoms with Crippen LogP contribution in [0.3, 0.4) is 0 Å². The standard InChI is InChI=1S/C25H32ClN5O5S/c1-4-10-31-23-20(26)21(27-22(23)24(32)28(3)25(31)33)18-14-17(8-9-19(18)36-5-2)37(34,35)30-13-12-29-11-6-7-16(29)15-30/h8-9,14,16,27H,4-7,10-13,15H2,1-3H3/t16-/m0/s1. The Balaban J connectivity index is 1.66. The van der Waals surface area contributed by atoms with Crippen molar-refractivity contribution in [2.75, 3.05) is 32.8 Å². The highest BCUT2D eigenvalue weighted by Crippen LogP contribution is 2.40. The van der Waals surface area contributed by atoms with Crippen LogP contribution in [0.4, 0.5) is 0 Å². The fraction of sp³-hybridized carbons (Fsp3) is 0.520. The summed E-state index contributed by atoms with van der Waals surface area (Å²) in [6.07, 6.45) is 2.75. The van der Waals surface area contributed by atoms with Gasteiger partial charge in [0, 0.05) is 44.8 Å². The summed E-state index contributed by atoms with van der Waals surface area (Å²) >= 11 is 6.82. The lowest BCUT2D eigenvalue weighted by Gasteiger charge is -2.36. The van der Waals surface area contributed by atoms with Crippen molar-refractivity contribution in [2.45, 2.75) is 50.6 Å². The van der Waals surface area contributed by atoms with E-state index in [0.29, 0.717) is 55.2 Å². The van der Waals surface area contributed by atoms with Gasteiger partial charge >= 0.3 is 5.69 Å². The number of aromatic nitrogens is 3. The number of H-pyrrole nitrogens is 1. The van der Waals surface area contributed by atoms with Crippen LogP contribution in [0.5, 0.6) is 5.75 Å². The molecule has 0 unspecified atom stereocenters. The maximum Gasteiger partial charge on any atom is 0.331 e. The van der Waals surface area contributed by atoms with Crippen LogP contribution < -0.4 is 16.0 Å². The van der Waals surface area contributed by atoms with Gasteiger partial charge in [0.1, 0.15) is 11.3 Å². The predicted octanol–water partition coefficient (Wildman–Crippen LogP) is 2.63. The molecular formula is C25H32ClN5O5S. The summed E-state index contributed by atoms with van der Waals surface area (Å²) in [5.41, 5.74) is 0.283. The molecule has 1 atom stereocenters. The molecule has 1 N–H and O–H groups in total. The van der Waals surface area contributed by atoms with Crippen molar-refractivity contribution >= 4 is 32.7 Å². The van der Waals surface area contributed by atoms with Crippen LogP contribution in [0.15, 0.2) is 32.7 Å². The number of nitrogens with zero attached hydrogens (tertiary/aromatic N) is 4. The molecular weight excluding hydrogens is 518 g/mol. The molecule has 4 heterocycles. The number of halogens is 1. The second-order valence-electron chi connectivity index (χ2n) is 9.62. The first-order valence-electron chi connectivity index (χ1n) is 12.7. The molecule has 12 heteroatoms. The van der Waals surface area contributed by atoms with Crippen molar-refractivity contribution in [3.8, 4) is 17.0 Å². The van der Waals surface area contributed by atoms with E-state index in [-0.39, 0.29) is 21.5 Å². The largest absolute Gasteiger partial charge is 0.493 e. The van der Waals surface area contributed by atoms with Crippen LogP contribution in [-0.4, -0.2) is 70.6 Å². The number of piperazine rings is 1. The molecule has 10 nitrogen and oxygen atoms in total. The molecule has 2 aromatic heterocycles. The first kappa shape index (κ1) is 26.0. The third-order valence-corrected chi connectivity index (χ3v) is 9.60. The highest BCUT2D eigenvalue weighted by Gasteiger charge is 2.36. The average Bonchev–Trinajstić information content (AvgIpc) is 3.49. The van der Waals surface area contributed by atoms with E-state index in [9.17, 15) is 18.0 Å². The molecule has 1 aromatic carbocycles. The second kappa shape index (κ2) is 9.94. The summed E-state index contributed by atoms with van der Waals surface area (Å²) in [7, 11) is -2.35. The van der Waals surface area contributed by atoms with Gasteiger partial charge in [-0.1, -0.05) is 18.5 Å². The number of nitrogens with one attached hydrogen (secondary N) is 1. The average molecular weight is 550 g/mol. The number of hydrogen-bond donors (Lipinski definition) is 1. The molecule has 0 saturated carbocycles. The summed E-state index contributed by atoms with van der Waals surface area (Å²) < 4.78 is 37.3. The molecule has 2 aliphatic rings. The van der Waals surface area contributed by atoms with Gasteiger partial charge in [0.2, 0.25) is 10.0 Å². The van der Waals surface area contributed by atoms with Gasteiger partial charge in [-0.2, -0.15) is 4.31 Å². The highest BCUT2D eigenvalue weighted by molar-refractivity contribution is 7.89. The lowest BCUT2D eigenvalue weighted by Crippen LogP contribution is -2.51.